The standard InChI is InChI=1S/C26H30F6N4OS.CH4/c27-25(28,29)20-2-4-21(5-3-20)35-16-14-33(15-17-35)13-10-24(37)36-12-1-11-34(18-19-36)22-6-8-23(9-7-22)38-26(30,31)32;/h2-9H,1,10-19H2;1H4. The number of nitrogens with zero attached hydrogens (tertiary/aromatic N) is 4. The summed E-state index contributed by atoms with van der Waals surface area (Å²) in [6.07, 6.45) is -3.18. The second-order valence-electron chi connectivity index (χ2n) is 9.39. The fourth-order valence-electron chi connectivity index (χ4n) is 4.79. The highest BCUT2D eigenvalue weighted by Gasteiger charge is 2.31. The van der Waals surface area contributed by atoms with E-state index in [0.717, 1.165) is 49.6 Å². The Hall–Kier alpha value is -2.60. The molecule has 0 aliphatic carbocycles. The average Bonchev–Trinajstić information content (AvgIpc) is 3.13. The highest BCUT2D eigenvalue weighted by molar-refractivity contribution is 8.00. The van der Waals surface area contributed by atoms with Crippen molar-refractivity contribution in [2.24, 2.45) is 0 Å². The van der Waals surface area contributed by atoms with E-state index in [-0.39, 0.29) is 30.0 Å². The fraction of sp³-hybridized carbons (Fsp3) is 0.519. The molecular weight excluding hydrogens is 542 g/mol. The molecule has 2 heterocycles. The second kappa shape index (κ2) is 13.2. The smallest absolute Gasteiger partial charge is 0.370 e. The van der Waals surface area contributed by atoms with Gasteiger partial charge in [0, 0.05) is 81.6 Å². The molecule has 0 bridgehead atoms. The van der Waals surface area contributed by atoms with Crippen LogP contribution in [0.1, 0.15) is 25.8 Å². The number of alkyl halides is 6. The van der Waals surface area contributed by atoms with Crippen LogP contribution in [0.5, 0.6) is 0 Å². The summed E-state index contributed by atoms with van der Waals surface area (Å²) in [7, 11) is 0. The average molecular weight is 577 g/mol. The van der Waals surface area contributed by atoms with Gasteiger partial charge in [-0.05, 0) is 66.7 Å². The maximum atomic E-state index is 12.9. The molecule has 2 saturated heterocycles. The largest absolute Gasteiger partial charge is 0.446 e. The maximum Gasteiger partial charge on any atom is 0.446 e. The van der Waals surface area contributed by atoms with Gasteiger partial charge in [0.2, 0.25) is 5.91 Å². The number of rotatable bonds is 6. The van der Waals surface area contributed by atoms with E-state index in [0.29, 0.717) is 45.7 Å². The van der Waals surface area contributed by atoms with E-state index in [4.69, 9.17) is 0 Å². The molecule has 2 aliphatic heterocycles. The van der Waals surface area contributed by atoms with Crippen molar-refractivity contribution in [1.29, 1.82) is 0 Å². The van der Waals surface area contributed by atoms with Crippen LogP contribution in [0, 0.1) is 0 Å². The van der Waals surface area contributed by atoms with Gasteiger partial charge in [0.25, 0.3) is 0 Å². The number of carbonyl (C=O) groups excluding carboxylic acids is 1. The molecule has 1 amide bonds. The number of benzene rings is 2. The van der Waals surface area contributed by atoms with Crippen LogP contribution in [-0.4, -0.2) is 80.1 Å². The minimum atomic E-state index is -4.35. The van der Waals surface area contributed by atoms with Gasteiger partial charge >= 0.3 is 11.7 Å². The molecule has 2 fully saturated rings. The van der Waals surface area contributed by atoms with Crippen molar-refractivity contribution in [3.63, 3.8) is 0 Å². The minimum absolute atomic E-state index is 0. The lowest BCUT2D eigenvalue weighted by atomic mass is 10.1. The molecule has 0 spiro atoms. The van der Waals surface area contributed by atoms with Crippen molar-refractivity contribution in [3.05, 3.63) is 54.1 Å². The molecule has 2 aliphatic rings. The summed E-state index contributed by atoms with van der Waals surface area (Å²) in [4.78, 5) is 21.2. The lowest BCUT2D eigenvalue weighted by Gasteiger charge is -2.36. The number of halogens is 6. The van der Waals surface area contributed by atoms with Crippen LogP contribution in [0.15, 0.2) is 53.4 Å². The summed E-state index contributed by atoms with van der Waals surface area (Å²) in [6, 6.07) is 11.5. The van der Waals surface area contributed by atoms with Gasteiger partial charge < -0.3 is 14.7 Å². The lowest BCUT2D eigenvalue weighted by Crippen LogP contribution is -2.47. The summed E-state index contributed by atoms with van der Waals surface area (Å²) < 4.78 is 76.1. The zero-order chi connectivity index (χ0) is 27.3. The summed E-state index contributed by atoms with van der Waals surface area (Å²) in [5.41, 5.74) is -3.37. The zero-order valence-corrected chi connectivity index (χ0v) is 21.6. The first kappa shape index (κ1) is 30.9. The first-order chi connectivity index (χ1) is 18.0. The van der Waals surface area contributed by atoms with Crippen LogP contribution in [0.25, 0.3) is 0 Å². The van der Waals surface area contributed by atoms with Crippen LogP contribution < -0.4 is 9.80 Å². The molecule has 216 valence electrons. The van der Waals surface area contributed by atoms with Gasteiger partial charge in [-0.15, -0.1) is 0 Å². The van der Waals surface area contributed by atoms with Crippen molar-refractivity contribution in [2.75, 3.05) is 68.7 Å². The Morgan fingerprint density at radius 1 is 0.718 bits per heavy atom. The molecule has 0 atom stereocenters. The Kier molecular flexibility index (Phi) is 10.4. The van der Waals surface area contributed by atoms with Crippen LogP contribution in [0.4, 0.5) is 37.7 Å². The third-order valence-corrected chi connectivity index (χ3v) is 7.60. The highest BCUT2D eigenvalue weighted by atomic mass is 32.2. The normalized spacial score (nSPS) is 17.5. The number of thioether (sulfide) groups is 1. The highest BCUT2D eigenvalue weighted by Crippen LogP contribution is 2.37. The quantitative estimate of drug-likeness (QED) is 0.302. The summed E-state index contributed by atoms with van der Waals surface area (Å²) in [6.45, 7) is 5.97. The lowest BCUT2D eigenvalue weighted by molar-refractivity contribution is -0.137. The fourth-order valence-corrected chi connectivity index (χ4v) is 5.33. The Morgan fingerprint density at radius 3 is 1.82 bits per heavy atom. The molecule has 0 N–H and O–H groups in total. The van der Waals surface area contributed by atoms with E-state index in [1.807, 2.05) is 4.90 Å². The zero-order valence-electron chi connectivity index (χ0n) is 20.8. The van der Waals surface area contributed by atoms with Gasteiger partial charge in [-0.3, -0.25) is 9.69 Å². The molecule has 0 unspecified atom stereocenters. The predicted octanol–water partition coefficient (Wildman–Crippen LogP) is 6.20. The topological polar surface area (TPSA) is 30.0 Å². The van der Waals surface area contributed by atoms with Gasteiger partial charge in [-0.2, -0.15) is 26.3 Å². The molecule has 0 aromatic heterocycles. The Morgan fingerprint density at radius 2 is 1.26 bits per heavy atom. The summed E-state index contributed by atoms with van der Waals surface area (Å²) in [5.74, 6) is 0.0777. The van der Waals surface area contributed by atoms with Gasteiger partial charge in [0.1, 0.15) is 0 Å². The van der Waals surface area contributed by atoms with Crippen molar-refractivity contribution in [3.8, 4) is 0 Å². The number of hydrogen-bond donors (Lipinski definition) is 0. The Bertz CT molecular complexity index is 1050. The van der Waals surface area contributed by atoms with Gasteiger partial charge in [0.15, 0.2) is 0 Å². The third kappa shape index (κ3) is 8.96. The van der Waals surface area contributed by atoms with Crippen molar-refractivity contribution >= 4 is 29.0 Å². The van der Waals surface area contributed by atoms with Crippen LogP contribution in [0.2, 0.25) is 0 Å². The maximum absolute atomic E-state index is 12.9. The third-order valence-electron chi connectivity index (χ3n) is 6.86. The molecule has 0 radical (unpaired) electrons. The van der Waals surface area contributed by atoms with Gasteiger partial charge in [0.05, 0.1) is 5.56 Å². The van der Waals surface area contributed by atoms with E-state index in [9.17, 15) is 31.1 Å². The number of piperazine rings is 1. The van der Waals surface area contributed by atoms with Crippen LogP contribution in [0.3, 0.4) is 0 Å². The van der Waals surface area contributed by atoms with Crippen molar-refractivity contribution in [1.82, 2.24) is 9.80 Å². The number of anilines is 2. The molecule has 2 aromatic rings. The molecular formula is C27H34F6N4OS. The summed E-state index contributed by atoms with van der Waals surface area (Å²) >= 11 is -0.134. The summed E-state index contributed by atoms with van der Waals surface area (Å²) in [5, 5.41) is 0. The number of amides is 1. The van der Waals surface area contributed by atoms with E-state index in [2.05, 4.69) is 14.7 Å². The molecule has 12 heteroatoms. The number of hydrogen-bond acceptors (Lipinski definition) is 5. The van der Waals surface area contributed by atoms with Gasteiger partial charge in [-0.1, -0.05) is 7.43 Å². The van der Waals surface area contributed by atoms with Crippen molar-refractivity contribution in [2.45, 2.75) is 36.8 Å². The van der Waals surface area contributed by atoms with E-state index in [1.165, 1.54) is 24.3 Å². The van der Waals surface area contributed by atoms with E-state index >= 15 is 0 Å². The second-order valence-corrected chi connectivity index (χ2v) is 10.5. The molecule has 0 saturated carbocycles. The first-order valence-corrected chi connectivity index (χ1v) is 13.3. The minimum Gasteiger partial charge on any atom is -0.370 e. The molecule has 5 nitrogen and oxygen atoms in total. The SMILES string of the molecule is C.O=C(CCN1CCN(c2ccc(C(F)(F)F)cc2)CC1)N1CCCN(c2ccc(SC(F)(F)F)cc2)CC1. The predicted molar refractivity (Wildman–Crippen MR) is 143 cm³/mol. The van der Waals surface area contributed by atoms with Crippen LogP contribution >= 0.6 is 11.8 Å². The van der Waals surface area contributed by atoms with E-state index in [1.54, 1.807) is 12.1 Å². The van der Waals surface area contributed by atoms with Gasteiger partial charge in [-0.25, -0.2) is 0 Å². The van der Waals surface area contributed by atoms with Crippen LogP contribution in [-0.2, 0) is 11.0 Å². The van der Waals surface area contributed by atoms with Crippen molar-refractivity contribution < 1.29 is 31.1 Å². The Balaban J connectivity index is 0.00000420. The Labute approximate surface area is 229 Å². The first-order valence-electron chi connectivity index (χ1n) is 12.5. The van der Waals surface area contributed by atoms with E-state index < -0.39 is 17.2 Å². The number of carbonyl (C=O) groups is 1. The monoisotopic (exact) mass is 576 g/mol. The molecule has 39 heavy (non-hydrogen) atoms. The molecule has 2 aromatic carbocycles. The molecule has 4 rings (SSSR count).